The average Bonchev–Trinajstić information content (AvgIpc) is 2.82. The SMILES string of the molecule is COc1ccccc1S(=O)(=O)N(c1cc(C)cc(OCCNc2ccnnc2)c1)C(C)(C)P(=O)=O. The molecule has 2 aromatic carbocycles. The highest BCUT2D eigenvalue weighted by atomic mass is 32.2. The molecule has 0 fully saturated rings. The van der Waals surface area contributed by atoms with Crippen LogP contribution in [0.4, 0.5) is 11.4 Å². The van der Waals surface area contributed by atoms with Crippen LogP contribution in [0.1, 0.15) is 19.4 Å². The Hall–Kier alpha value is -3.43. The van der Waals surface area contributed by atoms with E-state index in [-0.39, 0.29) is 22.9 Å². The van der Waals surface area contributed by atoms with Crippen LogP contribution in [0.25, 0.3) is 0 Å². The van der Waals surface area contributed by atoms with Gasteiger partial charge in [-0.05, 0) is 56.7 Å². The fraction of sp³-hybridized carbons (Fsp3) is 0.304. The predicted molar refractivity (Wildman–Crippen MR) is 132 cm³/mol. The molecule has 0 amide bonds. The van der Waals surface area contributed by atoms with Gasteiger partial charge in [0, 0.05) is 12.6 Å². The fourth-order valence-electron chi connectivity index (χ4n) is 3.44. The Morgan fingerprint density at radius 2 is 1.83 bits per heavy atom. The minimum Gasteiger partial charge on any atom is -0.495 e. The van der Waals surface area contributed by atoms with Gasteiger partial charge in [-0.3, -0.25) is 0 Å². The zero-order chi connectivity index (χ0) is 25.6. The third kappa shape index (κ3) is 5.98. The van der Waals surface area contributed by atoms with Crippen molar-refractivity contribution in [2.24, 2.45) is 0 Å². The van der Waals surface area contributed by atoms with Crippen LogP contribution >= 0.6 is 7.68 Å². The summed E-state index contributed by atoms with van der Waals surface area (Å²) in [6.45, 7) is 5.16. The molecule has 0 bridgehead atoms. The van der Waals surface area contributed by atoms with E-state index >= 15 is 0 Å². The van der Waals surface area contributed by atoms with Crippen molar-refractivity contribution in [1.82, 2.24) is 10.2 Å². The van der Waals surface area contributed by atoms with E-state index in [0.717, 1.165) is 9.99 Å². The highest BCUT2D eigenvalue weighted by Crippen LogP contribution is 2.43. The molecule has 10 nitrogen and oxygen atoms in total. The number of para-hydroxylation sites is 1. The summed E-state index contributed by atoms with van der Waals surface area (Å²) in [6.07, 6.45) is 3.15. The molecule has 12 heteroatoms. The normalized spacial score (nSPS) is 11.5. The number of hydrogen-bond donors (Lipinski definition) is 1. The lowest BCUT2D eigenvalue weighted by molar-refractivity contribution is 0.332. The van der Waals surface area contributed by atoms with Gasteiger partial charge in [-0.25, -0.2) is 21.9 Å². The second-order valence-electron chi connectivity index (χ2n) is 8.08. The summed E-state index contributed by atoms with van der Waals surface area (Å²) >= 11 is 0. The lowest BCUT2D eigenvalue weighted by Gasteiger charge is -2.34. The highest BCUT2D eigenvalue weighted by Gasteiger charge is 2.43. The first-order valence-electron chi connectivity index (χ1n) is 10.7. The number of ether oxygens (including phenoxy) is 2. The van der Waals surface area contributed by atoms with E-state index in [4.69, 9.17) is 9.47 Å². The van der Waals surface area contributed by atoms with Gasteiger partial charge in [0.1, 0.15) is 23.0 Å². The summed E-state index contributed by atoms with van der Waals surface area (Å²) in [6, 6.07) is 12.7. The molecule has 1 aromatic heterocycles. The molecule has 0 aliphatic heterocycles. The first-order valence-corrected chi connectivity index (χ1v) is 13.3. The summed E-state index contributed by atoms with van der Waals surface area (Å²) in [5, 5.41) is 8.86. The molecule has 1 N–H and O–H groups in total. The molecule has 3 aromatic rings. The summed E-state index contributed by atoms with van der Waals surface area (Å²) < 4.78 is 64.1. The van der Waals surface area contributed by atoms with E-state index in [2.05, 4.69) is 15.5 Å². The van der Waals surface area contributed by atoms with Crippen molar-refractivity contribution < 1.29 is 27.0 Å². The van der Waals surface area contributed by atoms with Crippen molar-refractivity contribution in [3.05, 3.63) is 66.5 Å². The summed E-state index contributed by atoms with van der Waals surface area (Å²) in [4.78, 5) is -0.147. The number of anilines is 2. The third-order valence-corrected chi connectivity index (χ3v) is 8.36. The van der Waals surface area contributed by atoms with Crippen LogP contribution in [-0.4, -0.2) is 44.2 Å². The van der Waals surface area contributed by atoms with Crippen molar-refractivity contribution in [3.8, 4) is 11.5 Å². The number of nitrogens with one attached hydrogen (secondary N) is 1. The average molecular weight is 519 g/mol. The number of sulfonamides is 1. The maximum Gasteiger partial charge on any atom is 0.342 e. The van der Waals surface area contributed by atoms with Gasteiger partial charge in [0.15, 0.2) is 5.28 Å². The highest BCUT2D eigenvalue weighted by molar-refractivity contribution is 7.93. The van der Waals surface area contributed by atoms with Gasteiger partial charge in [-0.1, -0.05) is 12.1 Å². The van der Waals surface area contributed by atoms with Crippen molar-refractivity contribution in [3.63, 3.8) is 0 Å². The van der Waals surface area contributed by atoms with Gasteiger partial charge in [0.2, 0.25) is 0 Å². The quantitative estimate of drug-likeness (QED) is 0.290. The molecule has 0 atom stereocenters. The molecule has 0 aliphatic rings. The molecule has 0 spiro atoms. The van der Waals surface area contributed by atoms with E-state index in [0.29, 0.717) is 17.9 Å². The standard InChI is InChI=1S/C23H27N4O6PS/c1-17-13-19(15-20(14-17)33-12-11-24-18-9-10-25-26-16-18)27(23(2,3)34(28)29)35(30,31)22-8-6-5-7-21(22)32-4/h5-10,13-16H,11-12H2,1-4H3,(H,24,25). The van der Waals surface area contributed by atoms with Crippen LogP contribution in [-0.2, 0) is 19.2 Å². The van der Waals surface area contributed by atoms with E-state index < -0.39 is 23.0 Å². The Morgan fingerprint density at radius 1 is 1.09 bits per heavy atom. The number of aryl methyl sites for hydroxylation is 1. The summed E-state index contributed by atoms with van der Waals surface area (Å²) in [7, 11) is -6.19. The topological polar surface area (TPSA) is 128 Å². The Bertz CT molecular complexity index is 1340. The molecule has 3 rings (SSSR count). The van der Waals surface area contributed by atoms with E-state index in [1.165, 1.54) is 39.2 Å². The Balaban J connectivity index is 1.97. The van der Waals surface area contributed by atoms with Crippen LogP contribution in [0.3, 0.4) is 0 Å². The molecule has 0 saturated carbocycles. The molecular formula is C23H27N4O6PS. The maximum atomic E-state index is 13.8. The minimum atomic E-state index is -4.35. The fourth-order valence-corrected chi connectivity index (χ4v) is 6.05. The zero-order valence-electron chi connectivity index (χ0n) is 19.8. The summed E-state index contributed by atoms with van der Waals surface area (Å²) in [5.74, 6) is 0.502. The van der Waals surface area contributed by atoms with Crippen LogP contribution < -0.4 is 19.1 Å². The second kappa shape index (κ2) is 10.9. The molecular weight excluding hydrogens is 491 g/mol. The van der Waals surface area contributed by atoms with Crippen LogP contribution in [0.5, 0.6) is 11.5 Å². The van der Waals surface area contributed by atoms with E-state index in [9.17, 15) is 17.5 Å². The molecule has 1 heterocycles. The van der Waals surface area contributed by atoms with Crippen LogP contribution in [0.2, 0.25) is 0 Å². The number of aromatic nitrogens is 2. The molecule has 35 heavy (non-hydrogen) atoms. The number of nitrogens with zero attached hydrogens (tertiary/aromatic N) is 3. The first-order chi connectivity index (χ1) is 16.6. The van der Waals surface area contributed by atoms with Gasteiger partial charge in [0.05, 0.1) is 30.9 Å². The van der Waals surface area contributed by atoms with Gasteiger partial charge in [-0.2, -0.15) is 10.2 Å². The molecule has 186 valence electrons. The van der Waals surface area contributed by atoms with Crippen molar-refractivity contribution in [2.75, 3.05) is 29.9 Å². The van der Waals surface area contributed by atoms with Crippen LogP contribution in [0, 0.1) is 6.92 Å². The lowest BCUT2D eigenvalue weighted by Crippen LogP contribution is -2.45. The van der Waals surface area contributed by atoms with Gasteiger partial charge < -0.3 is 14.8 Å². The van der Waals surface area contributed by atoms with Gasteiger partial charge in [-0.15, -0.1) is 0 Å². The minimum absolute atomic E-state index is 0.107. The number of benzene rings is 2. The largest absolute Gasteiger partial charge is 0.495 e. The smallest absolute Gasteiger partial charge is 0.342 e. The molecule has 0 saturated heterocycles. The monoisotopic (exact) mass is 518 g/mol. The summed E-state index contributed by atoms with van der Waals surface area (Å²) in [5.41, 5.74) is 1.63. The van der Waals surface area contributed by atoms with Crippen molar-refractivity contribution in [2.45, 2.75) is 30.9 Å². The van der Waals surface area contributed by atoms with Crippen molar-refractivity contribution >= 4 is 29.1 Å². The number of methoxy groups -OCH3 is 1. The number of hydrogen-bond acceptors (Lipinski definition) is 9. The molecule has 0 aliphatic carbocycles. The van der Waals surface area contributed by atoms with Gasteiger partial charge >= 0.3 is 7.68 Å². The first kappa shape index (κ1) is 26.2. The third-order valence-electron chi connectivity index (χ3n) is 5.09. The Kier molecular flexibility index (Phi) is 8.14. The molecule has 0 radical (unpaired) electrons. The molecule has 0 unspecified atom stereocenters. The van der Waals surface area contributed by atoms with Crippen LogP contribution in [0.15, 0.2) is 65.8 Å². The lowest BCUT2D eigenvalue weighted by atomic mass is 10.2. The van der Waals surface area contributed by atoms with E-state index in [1.807, 2.05) is 0 Å². The Morgan fingerprint density at radius 3 is 2.49 bits per heavy atom. The van der Waals surface area contributed by atoms with E-state index in [1.54, 1.807) is 49.6 Å². The second-order valence-corrected chi connectivity index (χ2v) is 11.4. The Labute approximate surface area is 205 Å². The zero-order valence-corrected chi connectivity index (χ0v) is 21.5. The van der Waals surface area contributed by atoms with Crippen molar-refractivity contribution in [1.29, 1.82) is 0 Å². The van der Waals surface area contributed by atoms with Gasteiger partial charge in [0.25, 0.3) is 10.0 Å². The predicted octanol–water partition coefficient (Wildman–Crippen LogP) is 4.39. The maximum absolute atomic E-state index is 13.8. The number of rotatable bonds is 11.